The lowest BCUT2D eigenvalue weighted by atomic mass is 10.1. The second-order valence-corrected chi connectivity index (χ2v) is 7.09. The highest BCUT2D eigenvalue weighted by Crippen LogP contribution is 2.34. The molecule has 152 valence electrons. The number of hydrazone groups is 1. The summed E-state index contributed by atoms with van der Waals surface area (Å²) in [6.07, 6.45) is -1.23. The number of rotatable bonds is 5. The van der Waals surface area contributed by atoms with Crippen LogP contribution in [0.2, 0.25) is 0 Å². The monoisotopic (exact) mass is 425 g/mol. The molecule has 0 fully saturated rings. The molecule has 0 saturated carbocycles. The number of aromatic nitrogens is 3. The van der Waals surface area contributed by atoms with Gasteiger partial charge in [-0.15, -0.1) is 10.2 Å². The van der Waals surface area contributed by atoms with Gasteiger partial charge in [0.2, 0.25) is 5.82 Å². The Morgan fingerprint density at radius 2 is 2.00 bits per heavy atom. The van der Waals surface area contributed by atoms with Crippen molar-refractivity contribution in [1.29, 1.82) is 0 Å². The topological polar surface area (TPSA) is 89.7 Å². The third-order valence-corrected chi connectivity index (χ3v) is 5.26. The molecular formula is C17H14F3N5O3S. The Kier molecular flexibility index (Phi) is 4.94. The molecule has 1 atom stereocenters. The zero-order valence-electron chi connectivity index (χ0n) is 15.0. The van der Waals surface area contributed by atoms with E-state index in [0.717, 1.165) is 16.3 Å². The fourth-order valence-corrected chi connectivity index (χ4v) is 3.68. The van der Waals surface area contributed by atoms with Crippen molar-refractivity contribution in [2.24, 2.45) is 12.1 Å². The summed E-state index contributed by atoms with van der Waals surface area (Å²) in [7, 11) is 1.20. The molecule has 1 aliphatic heterocycles. The Balaban J connectivity index is 1.52. The minimum atomic E-state index is -4.62. The summed E-state index contributed by atoms with van der Waals surface area (Å²) >= 11 is 0.852. The largest absolute Gasteiger partial charge is 0.467 e. The van der Waals surface area contributed by atoms with Crippen molar-refractivity contribution in [2.45, 2.75) is 23.8 Å². The molecule has 8 nitrogen and oxygen atoms in total. The fraction of sp³-hybridized carbons (Fsp3) is 0.294. The lowest BCUT2D eigenvalue weighted by molar-refractivity contribution is -0.147. The van der Waals surface area contributed by atoms with Crippen molar-refractivity contribution in [2.75, 3.05) is 5.75 Å². The molecule has 1 amide bonds. The van der Waals surface area contributed by atoms with Gasteiger partial charge in [-0.3, -0.25) is 4.79 Å². The Morgan fingerprint density at radius 1 is 1.24 bits per heavy atom. The number of carbonyl (C=O) groups is 1. The van der Waals surface area contributed by atoms with Gasteiger partial charge < -0.3 is 13.4 Å². The molecule has 0 radical (unpaired) electrons. The minimum Gasteiger partial charge on any atom is -0.467 e. The molecule has 1 aliphatic rings. The van der Waals surface area contributed by atoms with Crippen LogP contribution in [0, 0.1) is 0 Å². The molecule has 4 rings (SSSR count). The molecule has 12 heteroatoms. The fourth-order valence-electron chi connectivity index (χ4n) is 2.91. The summed E-state index contributed by atoms with van der Waals surface area (Å²) < 4.78 is 50.1. The number of thioether (sulfide) groups is 1. The number of hydrogen-bond donors (Lipinski definition) is 0. The third kappa shape index (κ3) is 3.79. The van der Waals surface area contributed by atoms with Gasteiger partial charge in [0, 0.05) is 13.5 Å². The summed E-state index contributed by atoms with van der Waals surface area (Å²) in [5, 5.41) is 12.3. The maximum Gasteiger partial charge on any atom is 0.451 e. The highest BCUT2D eigenvalue weighted by Gasteiger charge is 2.38. The van der Waals surface area contributed by atoms with Crippen LogP contribution in [0.4, 0.5) is 13.2 Å². The SMILES string of the molecule is Cn1c(SCC(=O)N2N=C(c3ccco3)CC2c2ccco2)nnc1C(F)(F)F. The van der Waals surface area contributed by atoms with Crippen LogP contribution < -0.4 is 0 Å². The summed E-state index contributed by atoms with van der Waals surface area (Å²) in [6, 6.07) is 6.42. The van der Waals surface area contributed by atoms with Crippen LogP contribution in [0.3, 0.4) is 0 Å². The number of hydrogen-bond acceptors (Lipinski definition) is 7. The van der Waals surface area contributed by atoms with Crippen molar-refractivity contribution in [3.63, 3.8) is 0 Å². The predicted molar refractivity (Wildman–Crippen MR) is 94.9 cm³/mol. The summed E-state index contributed by atoms with van der Waals surface area (Å²) in [5.74, 6) is -0.621. The average molecular weight is 425 g/mol. The van der Waals surface area contributed by atoms with Crippen LogP contribution in [0.15, 0.2) is 55.9 Å². The summed E-state index contributed by atoms with van der Waals surface area (Å²) in [6.45, 7) is 0. The van der Waals surface area contributed by atoms with E-state index in [1.54, 1.807) is 24.3 Å². The number of amides is 1. The van der Waals surface area contributed by atoms with E-state index in [1.807, 2.05) is 0 Å². The standard InChI is InChI=1S/C17H14F3N5O3S/c1-24-15(17(18,19)20)21-22-16(24)29-9-14(26)25-11(13-5-3-7-28-13)8-10(23-25)12-4-2-6-27-12/h2-7,11H,8-9H2,1H3. The van der Waals surface area contributed by atoms with Gasteiger partial charge in [0.15, 0.2) is 5.16 Å². The molecule has 0 aromatic carbocycles. The molecule has 1 unspecified atom stereocenters. The summed E-state index contributed by atoms with van der Waals surface area (Å²) in [4.78, 5) is 12.8. The number of carbonyl (C=O) groups excluding carboxylic acids is 1. The highest BCUT2D eigenvalue weighted by molar-refractivity contribution is 7.99. The second-order valence-electron chi connectivity index (χ2n) is 6.15. The molecule has 0 saturated heterocycles. The van der Waals surface area contributed by atoms with E-state index in [-0.39, 0.29) is 10.9 Å². The Labute approximate surface area is 166 Å². The molecular weight excluding hydrogens is 411 g/mol. The van der Waals surface area contributed by atoms with Crippen LogP contribution >= 0.6 is 11.8 Å². The Bertz CT molecular complexity index is 1030. The van der Waals surface area contributed by atoms with Gasteiger partial charge >= 0.3 is 6.18 Å². The number of halogens is 3. The lowest BCUT2D eigenvalue weighted by Crippen LogP contribution is -2.28. The van der Waals surface area contributed by atoms with E-state index < -0.39 is 23.9 Å². The summed E-state index contributed by atoms with van der Waals surface area (Å²) in [5.41, 5.74) is 0.577. The molecule has 0 aliphatic carbocycles. The van der Waals surface area contributed by atoms with Crippen molar-refractivity contribution in [1.82, 2.24) is 19.8 Å². The zero-order valence-corrected chi connectivity index (χ0v) is 15.8. The molecule has 4 heterocycles. The first-order valence-electron chi connectivity index (χ1n) is 8.41. The highest BCUT2D eigenvalue weighted by atomic mass is 32.2. The van der Waals surface area contributed by atoms with Crippen molar-refractivity contribution >= 4 is 23.4 Å². The normalized spacial score (nSPS) is 17.0. The average Bonchev–Trinajstić information content (AvgIpc) is 3.44. The maximum atomic E-state index is 12.8. The van der Waals surface area contributed by atoms with E-state index in [0.29, 0.717) is 23.7 Å². The van der Waals surface area contributed by atoms with Gasteiger partial charge in [-0.2, -0.15) is 18.3 Å². The Hall–Kier alpha value is -3.02. The van der Waals surface area contributed by atoms with Crippen molar-refractivity contribution < 1.29 is 26.8 Å². The minimum absolute atomic E-state index is 0.0188. The molecule has 29 heavy (non-hydrogen) atoms. The van der Waals surface area contributed by atoms with E-state index in [9.17, 15) is 18.0 Å². The second kappa shape index (κ2) is 7.43. The number of nitrogens with zero attached hydrogens (tertiary/aromatic N) is 5. The molecule has 3 aromatic heterocycles. The van der Waals surface area contributed by atoms with Crippen LogP contribution in [0.25, 0.3) is 0 Å². The Morgan fingerprint density at radius 3 is 2.62 bits per heavy atom. The van der Waals surface area contributed by atoms with Crippen molar-refractivity contribution in [3.05, 3.63) is 54.1 Å². The number of alkyl halides is 3. The van der Waals surface area contributed by atoms with Crippen LogP contribution in [0.5, 0.6) is 0 Å². The van der Waals surface area contributed by atoms with E-state index in [4.69, 9.17) is 8.83 Å². The first-order valence-corrected chi connectivity index (χ1v) is 9.39. The maximum absolute atomic E-state index is 12.8. The molecule has 0 N–H and O–H groups in total. The smallest absolute Gasteiger partial charge is 0.451 e. The number of furan rings is 2. The van der Waals surface area contributed by atoms with Crippen molar-refractivity contribution in [3.8, 4) is 0 Å². The molecule has 0 spiro atoms. The van der Waals surface area contributed by atoms with E-state index in [1.165, 1.54) is 24.6 Å². The van der Waals surface area contributed by atoms with Gasteiger partial charge in [0.05, 0.1) is 18.3 Å². The first kappa shape index (κ1) is 19.3. The van der Waals surface area contributed by atoms with Gasteiger partial charge in [0.1, 0.15) is 23.3 Å². The van der Waals surface area contributed by atoms with Crippen LogP contribution in [0.1, 0.15) is 29.8 Å². The van der Waals surface area contributed by atoms with Crippen LogP contribution in [-0.4, -0.2) is 37.1 Å². The van der Waals surface area contributed by atoms with E-state index in [2.05, 4.69) is 15.3 Å². The molecule has 0 bridgehead atoms. The quantitative estimate of drug-likeness (QED) is 0.582. The van der Waals surface area contributed by atoms with Gasteiger partial charge in [0.25, 0.3) is 5.91 Å². The molecule has 3 aromatic rings. The third-order valence-electron chi connectivity index (χ3n) is 4.26. The van der Waals surface area contributed by atoms with Gasteiger partial charge in [-0.25, -0.2) is 5.01 Å². The van der Waals surface area contributed by atoms with E-state index >= 15 is 0 Å². The van der Waals surface area contributed by atoms with Crippen LogP contribution in [-0.2, 0) is 18.0 Å². The van der Waals surface area contributed by atoms with Gasteiger partial charge in [-0.1, -0.05) is 11.8 Å². The first-order chi connectivity index (χ1) is 13.8. The zero-order chi connectivity index (χ0) is 20.6. The lowest BCUT2D eigenvalue weighted by Gasteiger charge is -2.19. The predicted octanol–water partition coefficient (Wildman–Crippen LogP) is 3.49. The van der Waals surface area contributed by atoms with Gasteiger partial charge in [-0.05, 0) is 24.3 Å².